The number of anilines is 1. The summed E-state index contributed by atoms with van der Waals surface area (Å²) in [5, 5.41) is 3.07. The maximum atomic E-state index is 12.9. The number of amides is 1. The number of fused-ring (bicyclic) bond motifs is 1. The van der Waals surface area contributed by atoms with Gasteiger partial charge in [-0.05, 0) is 29.7 Å². The zero-order valence-electron chi connectivity index (χ0n) is 15.3. The van der Waals surface area contributed by atoms with E-state index in [9.17, 15) is 4.79 Å². The van der Waals surface area contributed by atoms with Crippen molar-refractivity contribution in [3.8, 4) is 0 Å². The van der Waals surface area contributed by atoms with Crippen LogP contribution in [0.2, 0.25) is 0 Å². The van der Waals surface area contributed by atoms with E-state index >= 15 is 0 Å². The lowest BCUT2D eigenvalue weighted by Gasteiger charge is -2.20. The molecule has 138 valence electrons. The van der Waals surface area contributed by atoms with Crippen molar-refractivity contribution in [2.75, 3.05) is 11.1 Å². The summed E-state index contributed by atoms with van der Waals surface area (Å²) in [5.41, 5.74) is 5.48. The first-order valence-corrected chi connectivity index (χ1v) is 10.2. The number of thioether (sulfide) groups is 1. The van der Waals surface area contributed by atoms with Crippen molar-refractivity contribution in [2.45, 2.75) is 25.8 Å². The molecule has 2 aromatic carbocycles. The molecule has 1 amide bonds. The number of hydrogen-bond donors (Lipinski definition) is 2. The average Bonchev–Trinajstić information content (AvgIpc) is 3.31. The van der Waals surface area contributed by atoms with E-state index < -0.39 is 0 Å². The molecule has 6 heteroatoms. The van der Waals surface area contributed by atoms with E-state index in [2.05, 4.69) is 34.1 Å². The Morgan fingerprint density at radius 2 is 2.04 bits per heavy atom. The maximum absolute atomic E-state index is 12.9. The highest BCUT2D eigenvalue weighted by molar-refractivity contribution is 8.12. The van der Waals surface area contributed by atoms with E-state index in [1.54, 1.807) is 11.8 Å². The van der Waals surface area contributed by atoms with Gasteiger partial charge in [0.05, 0.1) is 22.5 Å². The van der Waals surface area contributed by atoms with Crippen LogP contribution in [0.15, 0.2) is 53.5 Å². The smallest absolute Gasteiger partial charge is 0.232 e. The van der Waals surface area contributed by atoms with Crippen LogP contribution in [-0.2, 0) is 4.79 Å². The molecule has 1 aliphatic rings. The molecule has 2 atom stereocenters. The van der Waals surface area contributed by atoms with Gasteiger partial charge in [0.1, 0.15) is 11.9 Å². The molecule has 2 heterocycles. The molecule has 0 bridgehead atoms. The summed E-state index contributed by atoms with van der Waals surface area (Å²) in [6, 6.07) is 15.8. The number of benzene rings is 2. The number of aliphatic imine (C=N–C) groups is 1. The van der Waals surface area contributed by atoms with E-state index in [1.807, 2.05) is 54.1 Å². The molecule has 1 unspecified atom stereocenters. The fraction of sp³-hybridized carbons (Fsp3) is 0.286. The molecular formula is C21H22N4OS. The number of imidazole rings is 1. The van der Waals surface area contributed by atoms with Gasteiger partial charge in [0.2, 0.25) is 5.91 Å². The number of nitrogens with one attached hydrogen (secondary N) is 2. The Morgan fingerprint density at radius 3 is 2.74 bits per heavy atom. The summed E-state index contributed by atoms with van der Waals surface area (Å²) >= 11 is 1.69. The maximum Gasteiger partial charge on any atom is 0.232 e. The summed E-state index contributed by atoms with van der Waals surface area (Å²) in [5.74, 6) is 1.80. The summed E-state index contributed by atoms with van der Waals surface area (Å²) in [7, 11) is 0. The molecule has 0 radical (unpaired) electrons. The molecule has 0 saturated heterocycles. The van der Waals surface area contributed by atoms with Crippen LogP contribution in [0.5, 0.6) is 0 Å². The first-order chi connectivity index (χ1) is 13.1. The van der Waals surface area contributed by atoms with Crippen molar-refractivity contribution < 1.29 is 4.79 Å². The van der Waals surface area contributed by atoms with Crippen LogP contribution in [0.3, 0.4) is 0 Å². The van der Waals surface area contributed by atoms with Gasteiger partial charge in [-0.2, -0.15) is 0 Å². The minimum atomic E-state index is -0.191. The largest absolute Gasteiger partial charge is 0.340 e. The highest BCUT2D eigenvalue weighted by atomic mass is 32.2. The Hall–Kier alpha value is -2.60. The zero-order valence-corrected chi connectivity index (χ0v) is 16.2. The summed E-state index contributed by atoms with van der Waals surface area (Å²) in [6.07, 6.45) is 0. The van der Waals surface area contributed by atoms with Gasteiger partial charge < -0.3 is 10.3 Å². The van der Waals surface area contributed by atoms with Crippen molar-refractivity contribution in [2.24, 2.45) is 10.9 Å². The van der Waals surface area contributed by atoms with E-state index in [4.69, 9.17) is 0 Å². The van der Waals surface area contributed by atoms with Gasteiger partial charge in [0.15, 0.2) is 0 Å². The zero-order chi connectivity index (χ0) is 18.8. The molecule has 3 aromatic rings. The highest BCUT2D eigenvalue weighted by Crippen LogP contribution is 2.29. The molecule has 2 N–H and O–H groups in total. The Balaban J connectivity index is 1.56. The lowest BCUT2D eigenvalue weighted by molar-refractivity contribution is -0.118. The minimum Gasteiger partial charge on any atom is -0.340 e. The molecule has 1 aromatic heterocycles. The van der Waals surface area contributed by atoms with Crippen molar-refractivity contribution >= 4 is 39.9 Å². The number of nitrogens with zero attached hydrogens (tertiary/aromatic N) is 2. The lowest BCUT2D eigenvalue weighted by atomic mass is 9.87. The standard InChI is InChI=1S/C21H22N4OS/c1-13(2)19(14-6-4-3-5-7-14)21(26)23-15-8-9-16-17(10-15)25-20(24-16)18-11-27-12-22-18/h3-10,12-13,18-19H,11H2,1-2H3,(H,23,26)(H,24,25)/t18?,19-/m1/s1. The molecule has 0 saturated carbocycles. The first-order valence-electron chi connectivity index (χ1n) is 9.10. The summed E-state index contributed by atoms with van der Waals surface area (Å²) in [4.78, 5) is 25.3. The molecule has 0 aliphatic carbocycles. The molecule has 5 nitrogen and oxygen atoms in total. The molecule has 0 fully saturated rings. The van der Waals surface area contributed by atoms with Crippen LogP contribution in [0.4, 0.5) is 5.69 Å². The van der Waals surface area contributed by atoms with Crippen LogP contribution < -0.4 is 5.32 Å². The van der Waals surface area contributed by atoms with Gasteiger partial charge in [-0.25, -0.2) is 4.98 Å². The predicted molar refractivity (Wildman–Crippen MR) is 112 cm³/mol. The highest BCUT2D eigenvalue weighted by Gasteiger charge is 2.24. The van der Waals surface area contributed by atoms with Crippen molar-refractivity contribution in [1.29, 1.82) is 0 Å². The number of aromatic nitrogens is 2. The van der Waals surface area contributed by atoms with E-state index in [0.717, 1.165) is 33.9 Å². The van der Waals surface area contributed by atoms with Gasteiger partial charge in [0.25, 0.3) is 0 Å². The molecular weight excluding hydrogens is 356 g/mol. The lowest BCUT2D eigenvalue weighted by Crippen LogP contribution is -2.25. The second-order valence-electron chi connectivity index (χ2n) is 7.08. The van der Waals surface area contributed by atoms with Gasteiger partial charge in [-0.3, -0.25) is 9.79 Å². The molecule has 0 spiro atoms. The van der Waals surface area contributed by atoms with Crippen LogP contribution in [0.1, 0.15) is 37.2 Å². The van der Waals surface area contributed by atoms with E-state index in [0.29, 0.717) is 0 Å². The normalized spacial score (nSPS) is 17.5. The number of rotatable bonds is 5. The third-order valence-corrected chi connectivity index (χ3v) is 5.54. The second kappa shape index (κ2) is 7.56. The van der Waals surface area contributed by atoms with Crippen LogP contribution >= 0.6 is 11.8 Å². The fourth-order valence-corrected chi connectivity index (χ4v) is 4.17. The monoisotopic (exact) mass is 378 g/mol. The molecule has 4 rings (SSSR count). The Bertz CT molecular complexity index is 980. The van der Waals surface area contributed by atoms with Gasteiger partial charge in [0, 0.05) is 11.4 Å². The van der Waals surface area contributed by atoms with Crippen molar-refractivity contribution in [3.05, 3.63) is 59.9 Å². The SMILES string of the molecule is CC(C)[C@@H](C(=O)Nc1ccc2nc(C3CSC=N3)[nH]c2c1)c1ccccc1. The Morgan fingerprint density at radius 1 is 1.22 bits per heavy atom. The number of aromatic amines is 1. The second-order valence-corrected chi connectivity index (χ2v) is 7.96. The number of carbonyl (C=O) groups excluding carboxylic acids is 1. The van der Waals surface area contributed by atoms with Crippen LogP contribution in [0, 0.1) is 5.92 Å². The third-order valence-electron chi connectivity index (χ3n) is 4.76. The van der Waals surface area contributed by atoms with Gasteiger partial charge in [-0.1, -0.05) is 44.2 Å². The van der Waals surface area contributed by atoms with Gasteiger partial charge >= 0.3 is 0 Å². The number of hydrogen-bond acceptors (Lipinski definition) is 4. The Kier molecular flexibility index (Phi) is 4.99. The Labute approximate surface area is 162 Å². The van der Waals surface area contributed by atoms with Crippen molar-refractivity contribution in [1.82, 2.24) is 9.97 Å². The summed E-state index contributed by atoms with van der Waals surface area (Å²) < 4.78 is 0. The van der Waals surface area contributed by atoms with Crippen LogP contribution in [-0.4, -0.2) is 27.2 Å². The fourth-order valence-electron chi connectivity index (χ4n) is 3.43. The molecule has 27 heavy (non-hydrogen) atoms. The van der Waals surface area contributed by atoms with Gasteiger partial charge in [-0.15, -0.1) is 11.8 Å². The van der Waals surface area contributed by atoms with Crippen LogP contribution in [0.25, 0.3) is 11.0 Å². The third kappa shape index (κ3) is 3.76. The number of carbonyl (C=O) groups is 1. The predicted octanol–water partition coefficient (Wildman–Crippen LogP) is 4.76. The molecule has 1 aliphatic heterocycles. The van der Waals surface area contributed by atoms with E-state index in [-0.39, 0.29) is 23.8 Å². The summed E-state index contributed by atoms with van der Waals surface area (Å²) in [6.45, 7) is 4.14. The average molecular weight is 379 g/mol. The number of H-pyrrole nitrogens is 1. The quantitative estimate of drug-likeness (QED) is 0.673. The first kappa shape index (κ1) is 17.8. The topological polar surface area (TPSA) is 70.1 Å². The van der Waals surface area contributed by atoms with E-state index in [1.165, 1.54) is 0 Å². The van der Waals surface area contributed by atoms with Crippen molar-refractivity contribution in [3.63, 3.8) is 0 Å². The minimum absolute atomic E-state index is 0.00656.